The Morgan fingerprint density at radius 3 is 2.50 bits per heavy atom. The Labute approximate surface area is 140 Å². The molecule has 0 fully saturated rings. The van der Waals surface area contributed by atoms with E-state index in [4.69, 9.17) is 23.2 Å². The van der Waals surface area contributed by atoms with Gasteiger partial charge in [-0.3, -0.25) is 14.8 Å². The predicted octanol–water partition coefficient (Wildman–Crippen LogP) is 3.88. The third-order valence-electron chi connectivity index (χ3n) is 3.21. The van der Waals surface area contributed by atoms with E-state index in [1.54, 1.807) is 42.4 Å². The monoisotopic (exact) mass is 337 g/mol. The van der Waals surface area contributed by atoms with Crippen molar-refractivity contribution >= 4 is 40.9 Å². The smallest absolute Gasteiger partial charge is 0.196 e. The van der Waals surface area contributed by atoms with Gasteiger partial charge in [-0.1, -0.05) is 23.2 Å². The van der Waals surface area contributed by atoms with E-state index in [1.165, 1.54) is 0 Å². The zero-order valence-corrected chi connectivity index (χ0v) is 14.4. The zero-order valence-electron chi connectivity index (χ0n) is 12.9. The number of nitrogens with zero attached hydrogens (tertiary/aromatic N) is 3. The van der Waals surface area contributed by atoms with E-state index < -0.39 is 5.66 Å². The first kappa shape index (κ1) is 16.7. The molecule has 1 aromatic carbocycles. The fourth-order valence-electron chi connectivity index (χ4n) is 2.22. The first-order valence-electron chi connectivity index (χ1n) is 6.73. The number of halogens is 2. The van der Waals surface area contributed by atoms with Crippen molar-refractivity contribution < 1.29 is 4.79 Å². The summed E-state index contributed by atoms with van der Waals surface area (Å²) in [4.78, 5) is 23.6. The molecule has 1 atom stereocenters. The molecule has 0 bridgehead atoms. The standard InChI is InChI=1S/C16H17Cl2N3O/c1-10-8-19-16(2,20-10)13(9-21(3)4)15(22)12-6-5-11(17)7-14(12)18/h5-9H,1-4H3. The maximum Gasteiger partial charge on any atom is 0.196 e. The maximum atomic E-state index is 12.9. The molecule has 0 saturated heterocycles. The molecule has 1 heterocycles. The number of aliphatic imine (C=N–C) groups is 2. The van der Waals surface area contributed by atoms with Crippen LogP contribution in [0.4, 0.5) is 0 Å². The Morgan fingerprint density at radius 1 is 1.32 bits per heavy atom. The molecule has 4 nitrogen and oxygen atoms in total. The average Bonchev–Trinajstić information content (AvgIpc) is 2.76. The van der Waals surface area contributed by atoms with Gasteiger partial charge in [-0.25, -0.2) is 0 Å². The van der Waals surface area contributed by atoms with Gasteiger partial charge in [0, 0.05) is 37.1 Å². The summed E-state index contributed by atoms with van der Waals surface area (Å²) in [7, 11) is 3.69. The van der Waals surface area contributed by atoms with E-state index in [2.05, 4.69) is 9.98 Å². The second-order valence-corrected chi connectivity index (χ2v) is 6.34. The maximum absolute atomic E-state index is 12.9. The van der Waals surface area contributed by atoms with E-state index in [1.807, 2.05) is 21.0 Å². The van der Waals surface area contributed by atoms with Crippen LogP contribution in [0.25, 0.3) is 0 Å². The molecular weight excluding hydrogens is 321 g/mol. The Balaban J connectivity index is 2.52. The molecule has 1 aliphatic heterocycles. The number of rotatable bonds is 4. The van der Waals surface area contributed by atoms with Gasteiger partial charge >= 0.3 is 0 Å². The number of carbonyl (C=O) groups is 1. The number of hydrogen-bond acceptors (Lipinski definition) is 4. The third-order valence-corrected chi connectivity index (χ3v) is 3.76. The first-order chi connectivity index (χ1) is 10.2. The van der Waals surface area contributed by atoms with E-state index in [-0.39, 0.29) is 5.78 Å². The lowest BCUT2D eigenvalue weighted by molar-refractivity contribution is 0.102. The Kier molecular flexibility index (Phi) is 4.73. The topological polar surface area (TPSA) is 45.0 Å². The van der Waals surface area contributed by atoms with Crippen molar-refractivity contribution in [1.82, 2.24) is 4.90 Å². The van der Waals surface area contributed by atoms with Crippen LogP contribution in [0.1, 0.15) is 24.2 Å². The first-order valence-corrected chi connectivity index (χ1v) is 7.49. The second-order valence-electron chi connectivity index (χ2n) is 5.49. The van der Waals surface area contributed by atoms with Gasteiger partial charge < -0.3 is 4.90 Å². The van der Waals surface area contributed by atoms with Crippen molar-refractivity contribution in [3.8, 4) is 0 Å². The van der Waals surface area contributed by atoms with Crippen LogP contribution in [0, 0.1) is 0 Å². The van der Waals surface area contributed by atoms with Gasteiger partial charge in [-0.15, -0.1) is 0 Å². The Hall–Kier alpha value is -1.65. The van der Waals surface area contributed by atoms with Crippen LogP contribution in [0.2, 0.25) is 10.0 Å². The minimum atomic E-state index is -0.936. The number of carbonyl (C=O) groups excluding carboxylic acids is 1. The fraction of sp³-hybridized carbons (Fsp3) is 0.312. The molecule has 2 rings (SSSR count). The van der Waals surface area contributed by atoms with Gasteiger partial charge in [0.05, 0.1) is 16.3 Å². The number of hydrogen-bond donors (Lipinski definition) is 0. The molecule has 1 aliphatic rings. The molecule has 1 aromatic rings. The highest BCUT2D eigenvalue weighted by molar-refractivity contribution is 6.37. The summed E-state index contributed by atoms with van der Waals surface area (Å²) in [5, 5.41) is 0.798. The molecule has 0 aromatic heterocycles. The average molecular weight is 338 g/mol. The zero-order chi connectivity index (χ0) is 16.5. The lowest BCUT2D eigenvalue weighted by atomic mass is 9.94. The number of ketones is 1. The van der Waals surface area contributed by atoms with Gasteiger partial charge in [0.25, 0.3) is 0 Å². The summed E-state index contributed by atoms with van der Waals surface area (Å²) >= 11 is 12.1. The number of benzene rings is 1. The lowest BCUT2D eigenvalue weighted by Gasteiger charge is -2.23. The normalized spacial score (nSPS) is 21.0. The van der Waals surface area contributed by atoms with Crippen LogP contribution in [-0.2, 0) is 0 Å². The van der Waals surface area contributed by atoms with E-state index >= 15 is 0 Å². The van der Waals surface area contributed by atoms with Crippen LogP contribution < -0.4 is 0 Å². The van der Waals surface area contributed by atoms with Gasteiger partial charge in [0.15, 0.2) is 11.4 Å². The molecule has 1 unspecified atom stereocenters. The van der Waals surface area contributed by atoms with Gasteiger partial charge in [-0.05, 0) is 32.0 Å². The summed E-state index contributed by atoms with van der Waals surface area (Å²) in [5.74, 6) is -0.214. The third kappa shape index (κ3) is 3.39. The molecule has 0 aliphatic carbocycles. The minimum absolute atomic E-state index is 0.214. The highest BCUT2D eigenvalue weighted by atomic mass is 35.5. The van der Waals surface area contributed by atoms with Crippen LogP contribution >= 0.6 is 23.2 Å². The van der Waals surface area contributed by atoms with Crippen molar-refractivity contribution in [2.75, 3.05) is 14.1 Å². The van der Waals surface area contributed by atoms with Crippen LogP contribution in [0.5, 0.6) is 0 Å². The Bertz CT molecular complexity index is 707. The molecule has 0 radical (unpaired) electrons. The van der Waals surface area contributed by atoms with Crippen LogP contribution in [-0.4, -0.2) is 42.4 Å². The van der Waals surface area contributed by atoms with Crippen molar-refractivity contribution in [2.45, 2.75) is 19.5 Å². The van der Waals surface area contributed by atoms with Crippen LogP contribution in [0.15, 0.2) is 40.0 Å². The largest absolute Gasteiger partial charge is 0.383 e. The summed E-state index contributed by atoms with van der Waals surface area (Å²) in [5.41, 5.74) is 0.682. The summed E-state index contributed by atoms with van der Waals surface area (Å²) in [6.45, 7) is 3.65. The summed E-state index contributed by atoms with van der Waals surface area (Å²) < 4.78 is 0. The predicted molar refractivity (Wildman–Crippen MR) is 92.6 cm³/mol. The summed E-state index contributed by atoms with van der Waals surface area (Å²) in [6.07, 6.45) is 3.40. The molecule has 0 amide bonds. The van der Waals surface area contributed by atoms with E-state index in [0.29, 0.717) is 21.2 Å². The van der Waals surface area contributed by atoms with Crippen molar-refractivity contribution in [1.29, 1.82) is 0 Å². The molecule has 116 valence electrons. The quantitative estimate of drug-likeness (QED) is 0.618. The second kappa shape index (κ2) is 6.23. The van der Waals surface area contributed by atoms with Gasteiger partial charge in [0.1, 0.15) is 0 Å². The lowest BCUT2D eigenvalue weighted by Crippen LogP contribution is -2.28. The van der Waals surface area contributed by atoms with Gasteiger partial charge in [0.2, 0.25) is 0 Å². The summed E-state index contributed by atoms with van der Waals surface area (Å²) in [6, 6.07) is 4.82. The highest BCUT2D eigenvalue weighted by Gasteiger charge is 2.36. The van der Waals surface area contributed by atoms with Crippen LogP contribution in [0.3, 0.4) is 0 Å². The number of Topliss-reactive ketones (excluding diaryl/α,β-unsaturated/α-hetero) is 1. The van der Waals surface area contributed by atoms with E-state index in [0.717, 1.165) is 5.71 Å². The Morgan fingerprint density at radius 2 is 2.00 bits per heavy atom. The van der Waals surface area contributed by atoms with Gasteiger partial charge in [-0.2, -0.15) is 0 Å². The molecule has 0 saturated carbocycles. The SMILES string of the molecule is CC1=NC(C)(C(=CN(C)C)C(=O)c2ccc(Cl)cc2Cl)N=C1. The molecule has 22 heavy (non-hydrogen) atoms. The molecule has 0 spiro atoms. The minimum Gasteiger partial charge on any atom is -0.383 e. The van der Waals surface area contributed by atoms with Crippen molar-refractivity contribution in [3.63, 3.8) is 0 Å². The molecule has 0 N–H and O–H groups in total. The molecule has 6 heteroatoms. The highest BCUT2D eigenvalue weighted by Crippen LogP contribution is 2.32. The molecular formula is C16H17Cl2N3O. The van der Waals surface area contributed by atoms with Crippen molar-refractivity contribution in [3.05, 3.63) is 45.6 Å². The fourth-order valence-corrected chi connectivity index (χ4v) is 2.72. The van der Waals surface area contributed by atoms with E-state index in [9.17, 15) is 4.79 Å². The van der Waals surface area contributed by atoms with Crippen molar-refractivity contribution in [2.24, 2.45) is 9.98 Å².